The first-order valence-electron chi connectivity index (χ1n) is 3.43. The highest BCUT2D eigenvalue weighted by Crippen LogP contribution is 2.42. The molecular formula is C8H5F4N. The van der Waals surface area contributed by atoms with Gasteiger partial charge in [0.05, 0.1) is 6.07 Å². The molecule has 70 valence electrons. The summed E-state index contributed by atoms with van der Waals surface area (Å²) in [5.74, 6) is -1.79. The molecule has 1 nitrogen and oxygen atoms in total. The first-order chi connectivity index (χ1) is 5.92. The van der Waals surface area contributed by atoms with Crippen LogP contribution in [0, 0.1) is 17.2 Å². The molecule has 0 heterocycles. The average Bonchev–Trinajstić information content (AvgIpc) is 2.03. The fraction of sp³-hybridized carbons (Fsp3) is 0.375. The topological polar surface area (TPSA) is 23.8 Å². The highest BCUT2D eigenvalue weighted by molar-refractivity contribution is 5.28. The van der Waals surface area contributed by atoms with Crippen LogP contribution in [0.15, 0.2) is 24.3 Å². The van der Waals surface area contributed by atoms with E-state index in [0.717, 1.165) is 12.2 Å². The van der Waals surface area contributed by atoms with E-state index >= 15 is 0 Å². The Hall–Kier alpha value is -1.31. The molecule has 1 aliphatic rings. The van der Waals surface area contributed by atoms with Crippen molar-refractivity contribution in [1.29, 1.82) is 5.26 Å². The summed E-state index contributed by atoms with van der Waals surface area (Å²) in [6.07, 6.45) is -1.62. The number of allylic oxidation sites excluding steroid dienone is 4. The van der Waals surface area contributed by atoms with Crippen LogP contribution in [-0.2, 0) is 0 Å². The smallest absolute Gasteiger partial charge is 0.227 e. The van der Waals surface area contributed by atoms with Crippen molar-refractivity contribution in [3.63, 3.8) is 0 Å². The summed E-state index contributed by atoms with van der Waals surface area (Å²) in [5.41, 5.74) is -3.55. The van der Waals surface area contributed by atoms with Crippen molar-refractivity contribution in [2.45, 2.75) is 11.8 Å². The second-order valence-electron chi connectivity index (χ2n) is 2.62. The molecule has 2 unspecified atom stereocenters. The van der Waals surface area contributed by atoms with Crippen molar-refractivity contribution in [3.8, 4) is 6.07 Å². The predicted molar refractivity (Wildman–Crippen MR) is 37.3 cm³/mol. The van der Waals surface area contributed by atoms with Crippen LogP contribution >= 0.6 is 0 Å². The summed E-state index contributed by atoms with van der Waals surface area (Å²) < 4.78 is 49.7. The third-order valence-corrected chi connectivity index (χ3v) is 1.78. The van der Waals surface area contributed by atoms with Crippen LogP contribution in [0.2, 0.25) is 0 Å². The molecule has 0 aromatic rings. The molecule has 0 fully saturated rings. The van der Waals surface area contributed by atoms with Gasteiger partial charge in [0.2, 0.25) is 5.67 Å². The second kappa shape index (κ2) is 2.87. The third kappa shape index (κ3) is 1.44. The number of hydrogen-bond acceptors (Lipinski definition) is 1. The number of halogens is 4. The fourth-order valence-electron chi connectivity index (χ4n) is 1.02. The van der Waals surface area contributed by atoms with Crippen LogP contribution in [-0.4, -0.2) is 11.8 Å². The largest absolute Gasteiger partial charge is 0.427 e. The van der Waals surface area contributed by atoms with E-state index in [9.17, 15) is 17.6 Å². The van der Waals surface area contributed by atoms with Gasteiger partial charge in [0, 0.05) is 0 Å². The molecule has 0 spiro atoms. The lowest BCUT2D eigenvalue weighted by Crippen LogP contribution is -2.45. The third-order valence-electron chi connectivity index (χ3n) is 1.78. The van der Waals surface area contributed by atoms with Crippen LogP contribution in [0.3, 0.4) is 0 Å². The van der Waals surface area contributed by atoms with E-state index in [1.807, 2.05) is 0 Å². The van der Waals surface area contributed by atoms with Gasteiger partial charge in [-0.1, -0.05) is 18.2 Å². The van der Waals surface area contributed by atoms with E-state index in [1.165, 1.54) is 12.1 Å². The number of hydrogen-bond donors (Lipinski definition) is 0. The van der Waals surface area contributed by atoms with Gasteiger partial charge in [-0.2, -0.15) is 18.4 Å². The maximum absolute atomic E-state index is 13.3. The van der Waals surface area contributed by atoms with Crippen molar-refractivity contribution < 1.29 is 17.6 Å². The molecule has 13 heavy (non-hydrogen) atoms. The van der Waals surface area contributed by atoms with Gasteiger partial charge in [-0.25, -0.2) is 4.39 Å². The minimum absolute atomic E-state index is 0.362. The van der Waals surface area contributed by atoms with Crippen molar-refractivity contribution in [2.75, 3.05) is 0 Å². The van der Waals surface area contributed by atoms with Gasteiger partial charge < -0.3 is 0 Å². The lowest BCUT2D eigenvalue weighted by atomic mass is 9.86. The molecule has 1 aliphatic carbocycles. The summed E-state index contributed by atoms with van der Waals surface area (Å²) in [6.45, 7) is 0. The monoisotopic (exact) mass is 191 g/mol. The standard InChI is InChI=1S/C8H5F4N/c9-7(8(10,11)12)4-2-1-3-6(7)5-13/h1-4,6H. The molecule has 0 saturated carbocycles. The zero-order valence-corrected chi connectivity index (χ0v) is 6.35. The summed E-state index contributed by atoms with van der Waals surface area (Å²) in [6, 6.07) is 1.27. The van der Waals surface area contributed by atoms with Gasteiger partial charge in [0.15, 0.2) is 0 Å². The second-order valence-corrected chi connectivity index (χ2v) is 2.62. The number of rotatable bonds is 0. The van der Waals surface area contributed by atoms with Gasteiger partial charge in [-0.15, -0.1) is 0 Å². The SMILES string of the molecule is N#CC1C=CC=CC1(F)C(F)(F)F. The van der Waals surface area contributed by atoms with E-state index in [0.29, 0.717) is 6.08 Å². The molecule has 0 amide bonds. The lowest BCUT2D eigenvalue weighted by molar-refractivity contribution is -0.219. The van der Waals surface area contributed by atoms with Crippen molar-refractivity contribution in [3.05, 3.63) is 24.3 Å². The molecule has 0 bridgehead atoms. The minimum atomic E-state index is -5.05. The summed E-state index contributed by atoms with van der Waals surface area (Å²) in [7, 11) is 0. The number of nitrogens with zero attached hydrogens (tertiary/aromatic N) is 1. The number of nitriles is 1. The molecule has 0 aromatic carbocycles. The Morgan fingerprint density at radius 1 is 1.31 bits per heavy atom. The molecule has 0 N–H and O–H groups in total. The molecule has 5 heteroatoms. The quantitative estimate of drug-likeness (QED) is 0.539. The minimum Gasteiger partial charge on any atom is -0.227 e. The Bertz CT molecular complexity index is 296. The normalized spacial score (nSPS) is 33.0. The Kier molecular flexibility index (Phi) is 2.16. The molecule has 0 aromatic heterocycles. The lowest BCUT2D eigenvalue weighted by Gasteiger charge is -2.28. The number of alkyl halides is 4. The molecule has 0 radical (unpaired) electrons. The molecular weight excluding hydrogens is 186 g/mol. The zero-order valence-electron chi connectivity index (χ0n) is 6.35. The maximum atomic E-state index is 13.3. The Balaban J connectivity index is 3.09. The molecule has 2 atom stereocenters. The van der Waals surface area contributed by atoms with Gasteiger partial charge in [-0.05, 0) is 6.08 Å². The van der Waals surface area contributed by atoms with Crippen LogP contribution in [0.1, 0.15) is 0 Å². The van der Waals surface area contributed by atoms with E-state index in [-0.39, 0.29) is 0 Å². The summed E-state index contributed by atoms with van der Waals surface area (Å²) >= 11 is 0. The van der Waals surface area contributed by atoms with E-state index < -0.39 is 17.8 Å². The van der Waals surface area contributed by atoms with Crippen molar-refractivity contribution in [1.82, 2.24) is 0 Å². The summed E-state index contributed by atoms with van der Waals surface area (Å²) in [5, 5.41) is 8.31. The molecule has 0 aliphatic heterocycles. The van der Waals surface area contributed by atoms with E-state index in [4.69, 9.17) is 5.26 Å². The van der Waals surface area contributed by atoms with Crippen LogP contribution in [0.5, 0.6) is 0 Å². The summed E-state index contributed by atoms with van der Waals surface area (Å²) in [4.78, 5) is 0. The van der Waals surface area contributed by atoms with E-state index in [1.54, 1.807) is 0 Å². The first-order valence-corrected chi connectivity index (χ1v) is 3.43. The van der Waals surface area contributed by atoms with Crippen molar-refractivity contribution >= 4 is 0 Å². The molecule has 0 saturated heterocycles. The van der Waals surface area contributed by atoms with Crippen molar-refractivity contribution in [2.24, 2.45) is 5.92 Å². The van der Waals surface area contributed by atoms with E-state index in [2.05, 4.69) is 0 Å². The Labute approximate surface area is 72.0 Å². The maximum Gasteiger partial charge on any atom is 0.427 e. The van der Waals surface area contributed by atoms with Crippen LogP contribution in [0.25, 0.3) is 0 Å². The van der Waals surface area contributed by atoms with Gasteiger partial charge in [0.25, 0.3) is 0 Å². The van der Waals surface area contributed by atoms with Gasteiger partial charge in [-0.3, -0.25) is 0 Å². The first kappa shape index (κ1) is 9.78. The predicted octanol–water partition coefficient (Wildman–Crippen LogP) is 2.52. The van der Waals surface area contributed by atoms with Crippen LogP contribution < -0.4 is 0 Å². The van der Waals surface area contributed by atoms with Gasteiger partial charge >= 0.3 is 6.18 Å². The Morgan fingerprint density at radius 2 is 1.92 bits per heavy atom. The zero-order chi connectivity index (χ0) is 10.1. The highest BCUT2D eigenvalue weighted by Gasteiger charge is 2.59. The fourth-order valence-corrected chi connectivity index (χ4v) is 1.02. The molecule has 1 rings (SSSR count). The van der Waals surface area contributed by atoms with Crippen LogP contribution in [0.4, 0.5) is 17.6 Å². The highest BCUT2D eigenvalue weighted by atomic mass is 19.4. The Morgan fingerprint density at radius 3 is 2.31 bits per heavy atom. The van der Waals surface area contributed by atoms with Gasteiger partial charge in [0.1, 0.15) is 5.92 Å². The average molecular weight is 191 g/mol.